The van der Waals surface area contributed by atoms with Gasteiger partial charge in [0.25, 0.3) is 0 Å². The van der Waals surface area contributed by atoms with Gasteiger partial charge in [-0.15, -0.1) is 0 Å². The molecule has 1 fully saturated rings. The molecule has 0 radical (unpaired) electrons. The van der Waals surface area contributed by atoms with E-state index < -0.39 is 15.9 Å². The average Bonchev–Trinajstić information content (AvgIpc) is 2.82. The van der Waals surface area contributed by atoms with Crippen molar-refractivity contribution in [2.45, 2.75) is 29.2 Å². The van der Waals surface area contributed by atoms with E-state index in [4.69, 9.17) is 52.8 Å². The highest BCUT2D eigenvalue weighted by molar-refractivity contribution is 7.80. The van der Waals surface area contributed by atoms with Crippen LogP contribution in [0.1, 0.15) is 24.0 Å². The maximum absolute atomic E-state index is 12.7. The molecular formula is C24H26Cl3N5OS. The van der Waals surface area contributed by atoms with E-state index in [2.05, 4.69) is 21.6 Å². The Morgan fingerprint density at radius 3 is 2.65 bits per heavy atom. The lowest BCUT2D eigenvalue weighted by Crippen LogP contribution is -2.62. The van der Waals surface area contributed by atoms with Crippen molar-refractivity contribution >= 4 is 81.2 Å². The number of halogens is 3. The molecule has 0 spiro atoms. The quantitative estimate of drug-likeness (QED) is 0.217. The molecule has 1 atom stereocenters. The van der Waals surface area contributed by atoms with Crippen molar-refractivity contribution in [3.63, 3.8) is 0 Å². The third-order valence-corrected chi connectivity index (χ3v) is 6.94. The molecule has 1 amide bonds. The first-order chi connectivity index (χ1) is 16.2. The van der Waals surface area contributed by atoms with Gasteiger partial charge in [-0.2, -0.15) is 0 Å². The minimum absolute atomic E-state index is 0.396. The smallest absolute Gasteiger partial charge is 0.245 e. The van der Waals surface area contributed by atoms with Crippen molar-refractivity contribution in [1.29, 1.82) is 0 Å². The predicted octanol–water partition coefficient (Wildman–Crippen LogP) is 4.95. The number of anilines is 3. The number of para-hydroxylation sites is 1. The van der Waals surface area contributed by atoms with E-state index in [-0.39, 0.29) is 0 Å². The lowest BCUT2D eigenvalue weighted by molar-refractivity contribution is -0.117. The SMILES string of the molecule is Nc1ccc(/C=C/C(=O)NC(N2CCCN(c3cccc4c3NCCC4)C2=S)C(Cl)(Cl)Cl)cc1. The number of amides is 1. The minimum atomic E-state index is -1.80. The second kappa shape index (κ2) is 10.6. The minimum Gasteiger partial charge on any atom is -0.399 e. The van der Waals surface area contributed by atoms with Crippen LogP contribution in [0.5, 0.6) is 0 Å². The zero-order chi connectivity index (χ0) is 24.3. The number of carbonyl (C=O) groups is 1. The maximum Gasteiger partial charge on any atom is 0.245 e. The summed E-state index contributed by atoms with van der Waals surface area (Å²) >= 11 is 24.8. The first-order valence-electron chi connectivity index (χ1n) is 11.1. The molecule has 0 aromatic heterocycles. The van der Waals surface area contributed by atoms with Crippen LogP contribution < -0.4 is 21.3 Å². The number of hydrogen-bond donors (Lipinski definition) is 3. The summed E-state index contributed by atoms with van der Waals surface area (Å²) in [5.41, 5.74) is 10.6. The molecule has 0 bridgehead atoms. The Bertz CT molecular complexity index is 1090. The standard InChI is InChI=1S/C24H26Cl3N5OS/c25-24(26,27)22(30-20(33)12-9-16-7-10-18(28)11-8-16)32-15-3-14-31(23(32)34)19-6-1-4-17-5-2-13-29-21(17)19/h1,4,6-12,22,29H,2-3,5,13-15,28H2,(H,30,33)/b12-9+. The highest BCUT2D eigenvalue weighted by atomic mass is 35.6. The normalized spacial score (nSPS) is 17.3. The summed E-state index contributed by atoms with van der Waals surface area (Å²) in [6.45, 7) is 2.21. The van der Waals surface area contributed by atoms with Gasteiger partial charge in [0.05, 0.1) is 11.4 Å². The Kier molecular flexibility index (Phi) is 7.77. The fourth-order valence-electron chi connectivity index (χ4n) is 4.22. The van der Waals surface area contributed by atoms with Gasteiger partial charge in [-0.1, -0.05) is 59.1 Å². The number of alkyl halides is 3. The zero-order valence-corrected chi connectivity index (χ0v) is 21.5. The molecule has 2 aromatic rings. The maximum atomic E-state index is 12.7. The zero-order valence-electron chi connectivity index (χ0n) is 18.4. The number of aryl methyl sites for hydroxylation is 1. The fourth-order valence-corrected chi connectivity index (χ4v) is 5.13. The molecule has 2 aliphatic rings. The van der Waals surface area contributed by atoms with Crippen LogP contribution in [-0.4, -0.2) is 45.5 Å². The summed E-state index contributed by atoms with van der Waals surface area (Å²) in [5.74, 6) is -0.396. The monoisotopic (exact) mass is 537 g/mol. The van der Waals surface area contributed by atoms with E-state index in [1.165, 1.54) is 11.6 Å². The van der Waals surface area contributed by atoms with Crippen LogP contribution in [0.3, 0.4) is 0 Å². The van der Waals surface area contributed by atoms with Gasteiger partial charge in [0, 0.05) is 31.4 Å². The van der Waals surface area contributed by atoms with Crippen LogP contribution in [0.25, 0.3) is 6.08 Å². The van der Waals surface area contributed by atoms with Crippen LogP contribution in [0.2, 0.25) is 0 Å². The van der Waals surface area contributed by atoms with Crippen molar-refractivity contribution in [2.75, 3.05) is 35.6 Å². The summed E-state index contributed by atoms with van der Waals surface area (Å²) in [5, 5.41) is 6.84. The third kappa shape index (κ3) is 5.71. The summed E-state index contributed by atoms with van der Waals surface area (Å²) in [6, 6.07) is 13.4. The van der Waals surface area contributed by atoms with Gasteiger partial charge in [0.2, 0.25) is 9.70 Å². The second-order valence-electron chi connectivity index (χ2n) is 8.28. The lowest BCUT2D eigenvalue weighted by atomic mass is 10.0. The number of nitrogen functional groups attached to an aromatic ring is 1. The largest absolute Gasteiger partial charge is 0.399 e. The molecule has 34 heavy (non-hydrogen) atoms. The van der Waals surface area contributed by atoms with Crippen molar-refractivity contribution in [1.82, 2.24) is 10.2 Å². The van der Waals surface area contributed by atoms with Crippen molar-refractivity contribution < 1.29 is 4.79 Å². The van der Waals surface area contributed by atoms with Crippen LogP contribution in [-0.2, 0) is 11.2 Å². The fraction of sp³-hybridized carbons (Fsp3) is 0.333. The molecule has 6 nitrogen and oxygen atoms in total. The highest BCUT2D eigenvalue weighted by Gasteiger charge is 2.42. The van der Waals surface area contributed by atoms with E-state index in [0.717, 1.165) is 49.3 Å². The lowest BCUT2D eigenvalue weighted by Gasteiger charge is -2.45. The van der Waals surface area contributed by atoms with Crippen LogP contribution in [0.15, 0.2) is 48.5 Å². The Morgan fingerprint density at radius 1 is 1.15 bits per heavy atom. The topological polar surface area (TPSA) is 73.6 Å². The Morgan fingerprint density at radius 2 is 1.91 bits per heavy atom. The number of nitrogens with zero attached hydrogens (tertiary/aromatic N) is 2. The van der Waals surface area contributed by atoms with Gasteiger partial charge in [-0.3, -0.25) is 4.79 Å². The summed E-state index contributed by atoms with van der Waals surface area (Å²) in [7, 11) is 0. The third-order valence-electron chi connectivity index (χ3n) is 5.87. The molecule has 0 saturated carbocycles. The predicted molar refractivity (Wildman–Crippen MR) is 147 cm³/mol. The summed E-state index contributed by atoms with van der Waals surface area (Å²) in [4.78, 5) is 16.6. The van der Waals surface area contributed by atoms with Crippen LogP contribution >= 0.6 is 47.0 Å². The van der Waals surface area contributed by atoms with Crippen molar-refractivity contribution in [2.24, 2.45) is 0 Å². The van der Waals surface area contributed by atoms with Gasteiger partial charge in [-0.05, 0) is 66.9 Å². The van der Waals surface area contributed by atoms with Crippen molar-refractivity contribution in [3.05, 3.63) is 59.7 Å². The molecule has 1 unspecified atom stereocenters. The van der Waals surface area contributed by atoms with E-state index in [1.807, 2.05) is 24.3 Å². The summed E-state index contributed by atoms with van der Waals surface area (Å²) in [6.07, 6.45) is 5.04. The number of carbonyl (C=O) groups excluding carboxylic acids is 1. The first kappa shape index (κ1) is 24.9. The Hall–Kier alpha value is -2.19. The number of rotatable bonds is 5. The number of fused-ring (bicyclic) bond motifs is 1. The number of nitrogens with one attached hydrogen (secondary N) is 2. The molecule has 0 aliphatic carbocycles. The van der Waals surface area contributed by atoms with Crippen LogP contribution in [0, 0.1) is 0 Å². The van der Waals surface area contributed by atoms with E-state index in [1.54, 1.807) is 23.1 Å². The first-order valence-corrected chi connectivity index (χ1v) is 12.6. The van der Waals surface area contributed by atoms with E-state index >= 15 is 0 Å². The highest BCUT2D eigenvalue weighted by Crippen LogP contribution is 2.37. The number of nitrogens with two attached hydrogens (primary N) is 1. The van der Waals surface area contributed by atoms with Crippen LogP contribution in [0.4, 0.5) is 17.1 Å². The molecule has 10 heteroatoms. The molecule has 180 valence electrons. The Balaban J connectivity index is 1.54. The van der Waals surface area contributed by atoms with E-state index in [9.17, 15) is 4.79 Å². The average molecular weight is 539 g/mol. The molecule has 2 heterocycles. The molecule has 2 aliphatic heterocycles. The van der Waals surface area contributed by atoms with Gasteiger partial charge in [0.1, 0.15) is 0 Å². The number of thiocarbonyl (C=S) groups is 1. The molecular weight excluding hydrogens is 513 g/mol. The second-order valence-corrected chi connectivity index (χ2v) is 11.0. The van der Waals surface area contributed by atoms with E-state index in [0.29, 0.717) is 17.3 Å². The number of hydrogen-bond acceptors (Lipinski definition) is 4. The van der Waals surface area contributed by atoms with Crippen molar-refractivity contribution in [3.8, 4) is 0 Å². The molecule has 1 saturated heterocycles. The molecule has 4 N–H and O–H groups in total. The molecule has 2 aromatic carbocycles. The van der Waals surface area contributed by atoms with Gasteiger partial charge in [-0.25, -0.2) is 0 Å². The van der Waals surface area contributed by atoms with Gasteiger partial charge in [0.15, 0.2) is 11.3 Å². The van der Waals surface area contributed by atoms with Gasteiger partial charge >= 0.3 is 0 Å². The summed E-state index contributed by atoms with van der Waals surface area (Å²) < 4.78 is -1.80. The Labute approximate surface area is 220 Å². The number of benzene rings is 2. The molecule has 4 rings (SSSR count). The van der Waals surface area contributed by atoms with Gasteiger partial charge < -0.3 is 26.2 Å².